The van der Waals surface area contributed by atoms with Crippen LogP contribution < -0.4 is 5.32 Å². The molecule has 6 nitrogen and oxygen atoms in total. The third kappa shape index (κ3) is 4.18. The minimum absolute atomic E-state index is 0.721. The van der Waals surface area contributed by atoms with Crippen LogP contribution in [0, 0.1) is 0 Å². The van der Waals surface area contributed by atoms with E-state index in [0.717, 1.165) is 0 Å². The zero-order valence-electron chi connectivity index (χ0n) is 9.59. The average molecular weight is 247 g/mol. The number of amides is 3. The number of rotatable bonds is 1. The van der Waals surface area contributed by atoms with E-state index in [1.807, 2.05) is 18.3 Å². The lowest BCUT2D eigenvalue weighted by molar-refractivity contribution is -0.122. The Balaban J connectivity index is 0.000000180. The second-order valence-corrected chi connectivity index (χ2v) is 3.23. The smallest absolute Gasteiger partial charge is 0.347 e. The molecule has 3 N–H and O–H groups in total. The molecule has 6 heteroatoms. The van der Waals surface area contributed by atoms with Crippen LogP contribution >= 0.6 is 0 Å². The van der Waals surface area contributed by atoms with Gasteiger partial charge in [0.05, 0.1) is 0 Å². The van der Waals surface area contributed by atoms with Crippen molar-refractivity contribution in [1.82, 2.24) is 10.3 Å². The summed E-state index contributed by atoms with van der Waals surface area (Å²) in [5, 5.41) is 11.1. The lowest BCUT2D eigenvalue weighted by Crippen LogP contribution is -2.29. The molecule has 0 aliphatic carbocycles. The number of imide groups is 1. The molecule has 2 aromatic rings. The molecule has 3 amide bonds. The topological polar surface area (TPSA) is 94.6 Å². The third-order valence-corrected chi connectivity index (χ3v) is 2.00. The predicted molar refractivity (Wildman–Crippen MR) is 68.5 cm³/mol. The maximum Gasteiger partial charge on any atom is 0.347 e. The number of hydrogen-bond donors (Lipinski definition) is 3. The summed E-state index contributed by atoms with van der Waals surface area (Å²) in [6, 6.07) is 9.43. The number of aliphatic hydroxyl groups excluding tert-OH is 1. The Morgan fingerprint density at radius 3 is 2.67 bits per heavy atom. The van der Waals surface area contributed by atoms with Crippen LogP contribution in [-0.4, -0.2) is 35.4 Å². The fourth-order valence-electron chi connectivity index (χ4n) is 1.19. The number of hydrogen-bond acceptors (Lipinski definition) is 3. The number of aromatic amines is 1. The van der Waals surface area contributed by atoms with Gasteiger partial charge in [0.15, 0.2) is 0 Å². The summed E-state index contributed by atoms with van der Waals surface area (Å²) < 4.78 is 0. The van der Waals surface area contributed by atoms with Crippen LogP contribution in [0.2, 0.25) is 0 Å². The van der Waals surface area contributed by atoms with Crippen LogP contribution in [0.15, 0.2) is 41.5 Å². The molecular weight excluding hydrogens is 234 g/mol. The normalized spacial score (nSPS) is 9.17. The summed E-state index contributed by atoms with van der Waals surface area (Å²) in [5.41, 5.74) is 1.21. The SMILES string of the molecule is C=NC(=O)NC(=O)CO.c1ccc2[nH]ccc2c1. The number of aromatic nitrogens is 1. The van der Waals surface area contributed by atoms with E-state index in [-0.39, 0.29) is 0 Å². The summed E-state index contributed by atoms with van der Waals surface area (Å²) in [6.07, 6.45) is 1.95. The molecule has 0 spiro atoms. The summed E-state index contributed by atoms with van der Waals surface area (Å²) in [4.78, 5) is 26.2. The molecular formula is C12H13N3O3. The molecule has 0 saturated heterocycles. The number of aliphatic imine (C=N–C) groups is 1. The monoisotopic (exact) mass is 247 g/mol. The summed E-state index contributed by atoms with van der Waals surface area (Å²) in [5.74, 6) is -0.785. The molecule has 0 radical (unpaired) electrons. The summed E-state index contributed by atoms with van der Waals surface area (Å²) in [7, 11) is 0. The van der Waals surface area contributed by atoms with Crippen molar-refractivity contribution in [3.05, 3.63) is 36.5 Å². The Bertz CT molecular complexity index is 518. The number of nitrogens with one attached hydrogen (secondary N) is 2. The number of nitrogens with zero attached hydrogens (tertiary/aromatic N) is 1. The highest BCUT2D eigenvalue weighted by molar-refractivity contribution is 5.96. The molecule has 0 atom stereocenters. The fraction of sp³-hybridized carbons (Fsp3) is 0.0833. The highest BCUT2D eigenvalue weighted by Gasteiger charge is 2.00. The Morgan fingerprint density at radius 1 is 1.33 bits per heavy atom. The second kappa shape index (κ2) is 6.97. The molecule has 0 aliphatic heterocycles. The summed E-state index contributed by atoms with van der Waals surface area (Å²) >= 11 is 0. The molecule has 0 aliphatic rings. The highest BCUT2D eigenvalue weighted by atomic mass is 16.3. The van der Waals surface area contributed by atoms with Crippen LogP contribution in [0.5, 0.6) is 0 Å². The molecule has 1 heterocycles. The van der Waals surface area contributed by atoms with Crippen molar-refractivity contribution in [2.45, 2.75) is 0 Å². The molecule has 0 unspecified atom stereocenters. The van der Waals surface area contributed by atoms with Crippen LogP contribution in [0.1, 0.15) is 0 Å². The average Bonchev–Trinajstić information content (AvgIpc) is 2.87. The first kappa shape index (κ1) is 13.6. The number of carbonyl (C=O) groups is 2. The first-order valence-electron chi connectivity index (χ1n) is 5.11. The predicted octanol–water partition coefficient (Wildman–Crippen LogP) is 1.08. The van der Waals surface area contributed by atoms with Crippen molar-refractivity contribution in [2.24, 2.45) is 4.99 Å². The van der Waals surface area contributed by atoms with Gasteiger partial charge in [-0.25, -0.2) is 9.79 Å². The lowest BCUT2D eigenvalue weighted by atomic mass is 10.3. The van der Waals surface area contributed by atoms with E-state index >= 15 is 0 Å². The van der Waals surface area contributed by atoms with Crippen molar-refractivity contribution >= 4 is 29.6 Å². The standard InChI is InChI=1S/C8H7N.C4H6N2O3/c1-2-4-8-7(3-1)5-6-9-8;1-5-4(9)6-3(8)2-7/h1-6,9H;7H,1-2H2,(H,6,8,9). The van der Waals surface area contributed by atoms with Crippen molar-refractivity contribution in [3.63, 3.8) is 0 Å². The van der Waals surface area contributed by atoms with Crippen molar-refractivity contribution < 1.29 is 14.7 Å². The van der Waals surface area contributed by atoms with Gasteiger partial charge in [-0.15, -0.1) is 0 Å². The van der Waals surface area contributed by atoms with Crippen molar-refractivity contribution in [2.75, 3.05) is 6.61 Å². The second-order valence-electron chi connectivity index (χ2n) is 3.23. The van der Waals surface area contributed by atoms with Gasteiger partial charge in [0, 0.05) is 11.7 Å². The first-order valence-corrected chi connectivity index (χ1v) is 5.11. The Kier molecular flexibility index (Phi) is 5.27. The number of benzene rings is 1. The molecule has 94 valence electrons. The highest BCUT2D eigenvalue weighted by Crippen LogP contribution is 2.09. The van der Waals surface area contributed by atoms with E-state index in [2.05, 4.69) is 34.9 Å². The minimum Gasteiger partial charge on any atom is -0.387 e. The number of carbonyl (C=O) groups excluding carboxylic acids is 2. The molecule has 2 rings (SSSR count). The van der Waals surface area contributed by atoms with Crippen LogP contribution in [0.25, 0.3) is 10.9 Å². The minimum atomic E-state index is -0.853. The first-order chi connectivity index (χ1) is 8.67. The quantitative estimate of drug-likeness (QED) is 0.658. The van der Waals surface area contributed by atoms with Crippen LogP contribution in [0.4, 0.5) is 4.79 Å². The van der Waals surface area contributed by atoms with Crippen LogP contribution in [0.3, 0.4) is 0 Å². The van der Waals surface area contributed by atoms with Gasteiger partial charge in [0.2, 0.25) is 0 Å². The molecule has 1 aromatic carbocycles. The zero-order chi connectivity index (χ0) is 13.4. The Morgan fingerprint density at radius 2 is 2.06 bits per heavy atom. The van der Waals surface area contributed by atoms with Gasteiger partial charge >= 0.3 is 6.03 Å². The van der Waals surface area contributed by atoms with E-state index < -0.39 is 18.5 Å². The largest absolute Gasteiger partial charge is 0.387 e. The number of urea groups is 1. The van der Waals surface area contributed by atoms with E-state index in [0.29, 0.717) is 0 Å². The molecule has 1 aromatic heterocycles. The fourth-order valence-corrected chi connectivity index (χ4v) is 1.19. The maximum atomic E-state index is 10.1. The number of H-pyrrole nitrogens is 1. The number of aliphatic hydroxyl groups is 1. The van der Waals surface area contributed by atoms with Crippen molar-refractivity contribution in [1.29, 1.82) is 0 Å². The molecule has 0 bridgehead atoms. The summed E-state index contributed by atoms with van der Waals surface area (Å²) in [6.45, 7) is 2.13. The molecule has 0 saturated carbocycles. The van der Waals surface area contributed by atoms with Gasteiger partial charge in [-0.2, -0.15) is 0 Å². The van der Waals surface area contributed by atoms with Gasteiger partial charge in [-0.1, -0.05) is 18.2 Å². The van der Waals surface area contributed by atoms with Gasteiger partial charge in [0.25, 0.3) is 5.91 Å². The molecule has 18 heavy (non-hydrogen) atoms. The number of fused-ring (bicyclic) bond motifs is 1. The number of para-hydroxylation sites is 1. The van der Waals surface area contributed by atoms with Gasteiger partial charge < -0.3 is 10.1 Å². The third-order valence-electron chi connectivity index (χ3n) is 2.00. The van der Waals surface area contributed by atoms with Gasteiger partial charge in [-0.05, 0) is 24.2 Å². The maximum absolute atomic E-state index is 10.1. The molecule has 0 fully saturated rings. The lowest BCUT2D eigenvalue weighted by Gasteiger charge is -1.92. The Labute approximate surface area is 103 Å². The Hall–Kier alpha value is -2.47. The van der Waals surface area contributed by atoms with E-state index in [4.69, 9.17) is 5.11 Å². The van der Waals surface area contributed by atoms with Crippen molar-refractivity contribution in [3.8, 4) is 0 Å². The van der Waals surface area contributed by atoms with Crippen LogP contribution in [-0.2, 0) is 4.79 Å². The van der Waals surface area contributed by atoms with E-state index in [1.165, 1.54) is 10.9 Å². The van der Waals surface area contributed by atoms with E-state index in [9.17, 15) is 9.59 Å². The van der Waals surface area contributed by atoms with Gasteiger partial charge in [-0.3, -0.25) is 10.1 Å². The van der Waals surface area contributed by atoms with E-state index in [1.54, 1.807) is 5.32 Å². The van der Waals surface area contributed by atoms with Gasteiger partial charge in [0.1, 0.15) is 6.61 Å². The zero-order valence-corrected chi connectivity index (χ0v) is 9.59.